The highest BCUT2D eigenvalue weighted by atomic mass is 16.6. The molecule has 28 heavy (non-hydrogen) atoms. The molecule has 0 aliphatic carbocycles. The molecule has 3 aliphatic rings. The van der Waals surface area contributed by atoms with Crippen LogP contribution in [0.15, 0.2) is 36.4 Å². The van der Waals surface area contributed by atoms with Crippen molar-refractivity contribution in [1.29, 1.82) is 0 Å². The Morgan fingerprint density at radius 3 is 2.54 bits per heavy atom. The number of urea groups is 1. The largest absolute Gasteiger partial charge is 0.465 e. The Kier molecular flexibility index (Phi) is 3.18. The molecule has 0 aromatic heterocycles. The van der Waals surface area contributed by atoms with Crippen LogP contribution in [0.2, 0.25) is 0 Å². The summed E-state index contributed by atoms with van der Waals surface area (Å²) in [5, 5.41) is 21.4. The molecule has 0 radical (unpaired) electrons. The van der Waals surface area contributed by atoms with Crippen LogP contribution in [0.3, 0.4) is 0 Å². The van der Waals surface area contributed by atoms with E-state index in [1.54, 1.807) is 24.3 Å². The van der Waals surface area contributed by atoms with E-state index in [-0.39, 0.29) is 24.0 Å². The minimum Gasteiger partial charge on any atom is -0.465 e. The van der Waals surface area contributed by atoms with Gasteiger partial charge in [-0.15, -0.1) is 0 Å². The molecule has 3 atom stereocenters. The van der Waals surface area contributed by atoms with Crippen LogP contribution in [-0.2, 0) is 4.79 Å². The second-order valence-corrected chi connectivity index (χ2v) is 7.11. The molecule has 5 rings (SSSR count). The number of carboxylic acid groups (broad SMARTS) is 1. The fraction of sp³-hybridized carbons (Fsp3) is 0.278. The lowest BCUT2D eigenvalue weighted by atomic mass is 10.0. The number of rotatable bonds is 2. The van der Waals surface area contributed by atoms with Crippen LogP contribution in [0.5, 0.6) is 0 Å². The summed E-state index contributed by atoms with van der Waals surface area (Å²) in [6.45, 7) is 0.185. The SMILES string of the molecule is O=C1C2C3CC(CN3C(=O)O)N2C(=O)N1c1ccc([N+](=O)[O-])c2ccccc12. The first kappa shape index (κ1) is 16.5. The number of imide groups is 1. The van der Waals surface area contributed by atoms with Gasteiger partial charge in [0, 0.05) is 18.0 Å². The number of anilines is 1. The first-order valence-electron chi connectivity index (χ1n) is 8.72. The predicted molar refractivity (Wildman–Crippen MR) is 96.0 cm³/mol. The van der Waals surface area contributed by atoms with Gasteiger partial charge in [-0.1, -0.05) is 18.2 Å². The van der Waals surface area contributed by atoms with Crippen molar-refractivity contribution in [2.75, 3.05) is 11.4 Å². The third-order valence-electron chi connectivity index (χ3n) is 5.83. The number of nitro benzene ring substituents is 1. The van der Waals surface area contributed by atoms with Gasteiger partial charge in [-0.2, -0.15) is 0 Å². The number of hydrogen-bond acceptors (Lipinski definition) is 5. The average Bonchev–Trinajstić information content (AvgIpc) is 3.33. The highest BCUT2D eigenvalue weighted by Gasteiger charge is 2.63. The predicted octanol–water partition coefficient (Wildman–Crippen LogP) is 2.02. The van der Waals surface area contributed by atoms with Crippen molar-refractivity contribution < 1.29 is 24.4 Å². The average molecular weight is 382 g/mol. The van der Waals surface area contributed by atoms with E-state index in [0.29, 0.717) is 17.2 Å². The summed E-state index contributed by atoms with van der Waals surface area (Å²) < 4.78 is 0. The Bertz CT molecular complexity index is 1080. The molecule has 3 aliphatic heterocycles. The first-order chi connectivity index (χ1) is 13.4. The molecule has 0 saturated carbocycles. The van der Waals surface area contributed by atoms with E-state index in [1.807, 2.05) is 0 Å². The normalized spacial score (nSPS) is 25.7. The van der Waals surface area contributed by atoms with Crippen LogP contribution >= 0.6 is 0 Å². The standard InChI is InChI=1S/C18H14N4O6/c23-16-15-14-7-9(8-19(14)18(25)26)20(15)17(24)21(16)12-5-6-13(22(27)28)11-4-2-1-3-10(11)12/h1-6,9,14-15H,7-8H2,(H,25,26). The van der Waals surface area contributed by atoms with Gasteiger partial charge in [0.1, 0.15) is 6.04 Å². The molecule has 3 unspecified atom stereocenters. The maximum atomic E-state index is 13.1. The van der Waals surface area contributed by atoms with Gasteiger partial charge >= 0.3 is 12.1 Å². The van der Waals surface area contributed by atoms with Crippen molar-refractivity contribution in [2.45, 2.75) is 24.5 Å². The third kappa shape index (κ3) is 1.94. The van der Waals surface area contributed by atoms with E-state index in [2.05, 4.69) is 0 Å². The van der Waals surface area contributed by atoms with Gasteiger partial charge in [0.05, 0.1) is 28.1 Å². The minimum atomic E-state index is -1.10. The summed E-state index contributed by atoms with van der Waals surface area (Å²) in [6.07, 6.45) is -0.657. The second-order valence-electron chi connectivity index (χ2n) is 7.11. The van der Waals surface area contributed by atoms with Crippen LogP contribution in [0.4, 0.5) is 21.0 Å². The monoisotopic (exact) mass is 382 g/mol. The zero-order valence-corrected chi connectivity index (χ0v) is 14.4. The fourth-order valence-corrected chi connectivity index (χ4v) is 4.72. The fourth-order valence-electron chi connectivity index (χ4n) is 4.72. The highest BCUT2D eigenvalue weighted by molar-refractivity contribution is 6.25. The summed E-state index contributed by atoms with van der Waals surface area (Å²) in [6, 6.07) is 6.94. The lowest BCUT2D eigenvalue weighted by Gasteiger charge is -2.32. The minimum absolute atomic E-state index is 0.115. The first-order valence-corrected chi connectivity index (χ1v) is 8.72. The zero-order valence-electron chi connectivity index (χ0n) is 14.4. The van der Waals surface area contributed by atoms with Gasteiger partial charge in [0.2, 0.25) is 0 Å². The Morgan fingerprint density at radius 1 is 1.14 bits per heavy atom. The van der Waals surface area contributed by atoms with E-state index in [4.69, 9.17) is 0 Å². The van der Waals surface area contributed by atoms with Crippen molar-refractivity contribution in [3.8, 4) is 0 Å². The summed E-state index contributed by atoms with van der Waals surface area (Å²) in [4.78, 5) is 52.1. The van der Waals surface area contributed by atoms with E-state index < -0.39 is 35.0 Å². The van der Waals surface area contributed by atoms with Gasteiger partial charge in [-0.25, -0.2) is 14.5 Å². The lowest BCUT2D eigenvalue weighted by Crippen LogP contribution is -2.54. The summed E-state index contributed by atoms with van der Waals surface area (Å²) >= 11 is 0. The summed E-state index contributed by atoms with van der Waals surface area (Å²) in [5.74, 6) is -0.498. The quantitative estimate of drug-likeness (QED) is 0.481. The Morgan fingerprint density at radius 2 is 1.86 bits per heavy atom. The van der Waals surface area contributed by atoms with E-state index >= 15 is 0 Å². The van der Waals surface area contributed by atoms with Crippen LogP contribution < -0.4 is 4.90 Å². The van der Waals surface area contributed by atoms with Crippen molar-refractivity contribution in [2.24, 2.45) is 0 Å². The molecule has 2 aromatic rings. The molecule has 3 fully saturated rings. The number of likely N-dealkylation sites (tertiary alicyclic amines) is 1. The van der Waals surface area contributed by atoms with Crippen molar-refractivity contribution in [3.05, 3.63) is 46.5 Å². The second kappa shape index (κ2) is 5.41. The third-order valence-corrected chi connectivity index (χ3v) is 5.83. The molecule has 3 heterocycles. The number of piperazine rings is 1. The summed E-state index contributed by atoms with van der Waals surface area (Å²) in [7, 11) is 0. The van der Waals surface area contributed by atoms with Crippen LogP contribution in [0, 0.1) is 10.1 Å². The summed E-state index contributed by atoms with van der Waals surface area (Å²) in [5.41, 5.74) is 0.156. The van der Waals surface area contributed by atoms with Crippen LogP contribution in [0.25, 0.3) is 10.8 Å². The smallest absolute Gasteiger partial charge is 0.407 e. The molecular formula is C18H14N4O6. The molecule has 4 amide bonds. The number of benzene rings is 2. The lowest BCUT2D eigenvalue weighted by molar-refractivity contribution is -0.383. The number of nitrogens with zero attached hydrogens (tertiary/aromatic N) is 4. The van der Waals surface area contributed by atoms with E-state index in [0.717, 1.165) is 4.90 Å². The molecule has 2 aromatic carbocycles. The van der Waals surface area contributed by atoms with Crippen LogP contribution in [0.1, 0.15) is 6.42 Å². The Labute approximate surface area is 157 Å². The molecule has 10 nitrogen and oxygen atoms in total. The number of nitro groups is 1. The topological polar surface area (TPSA) is 124 Å². The molecule has 3 saturated heterocycles. The number of hydrogen-bond donors (Lipinski definition) is 1. The maximum absolute atomic E-state index is 13.1. The molecule has 1 N–H and O–H groups in total. The molecule has 0 spiro atoms. The molecule has 2 bridgehead atoms. The number of amides is 4. The van der Waals surface area contributed by atoms with E-state index in [1.165, 1.54) is 21.9 Å². The van der Waals surface area contributed by atoms with Crippen LogP contribution in [-0.4, -0.2) is 62.5 Å². The van der Waals surface area contributed by atoms with Gasteiger partial charge in [0.25, 0.3) is 11.6 Å². The molecular weight excluding hydrogens is 368 g/mol. The number of carbonyl (C=O) groups excluding carboxylic acids is 2. The molecule has 10 heteroatoms. The van der Waals surface area contributed by atoms with Crippen molar-refractivity contribution in [1.82, 2.24) is 9.80 Å². The van der Waals surface area contributed by atoms with Crippen molar-refractivity contribution in [3.63, 3.8) is 0 Å². The zero-order chi connectivity index (χ0) is 19.7. The van der Waals surface area contributed by atoms with Crippen molar-refractivity contribution >= 4 is 40.2 Å². The number of fused-ring (bicyclic) bond motifs is 6. The number of non-ortho nitro benzene ring substituents is 1. The van der Waals surface area contributed by atoms with Gasteiger partial charge in [-0.3, -0.25) is 14.9 Å². The Hall–Kier alpha value is -3.69. The molecule has 142 valence electrons. The van der Waals surface area contributed by atoms with Gasteiger partial charge < -0.3 is 14.9 Å². The van der Waals surface area contributed by atoms with E-state index in [9.17, 15) is 29.6 Å². The maximum Gasteiger partial charge on any atom is 0.407 e. The van der Waals surface area contributed by atoms with Gasteiger partial charge in [0.15, 0.2) is 0 Å². The highest BCUT2D eigenvalue weighted by Crippen LogP contribution is 2.44. The number of carbonyl (C=O) groups is 3. The Balaban J connectivity index is 1.62. The van der Waals surface area contributed by atoms with Gasteiger partial charge in [-0.05, 0) is 18.6 Å².